The first kappa shape index (κ1) is 13.9. The summed E-state index contributed by atoms with van der Waals surface area (Å²) in [7, 11) is 0. The zero-order chi connectivity index (χ0) is 14.9. The summed E-state index contributed by atoms with van der Waals surface area (Å²) in [5, 5.41) is 2.28. The van der Waals surface area contributed by atoms with E-state index in [9.17, 15) is 18.0 Å². The molecule has 0 aliphatic heterocycles. The molecule has 1 amide bonds. The summed E-state index contributed by atoms with van der Waals surface area (Å²) in [6.07, 6.45) is 1.33. The Balaban J connectivity index is 2.28. The number of carbonyl (C=O) groups is 1. The van der Waals surface area contributed by atoms with Gasteiger partial charge in [0.15, 0.2) is 17.5 Å². The Labute approximate surface area is 112 Å². The van der Waals surface area contributed by atoms with Crippen molar-refractivity contribution < 1.29 is 18.0 Å². The molecule has 7 heteroatoms. The van der Waals surface area contributed by atoms with Gasteiger partial charge in [-0.25, -0.2) is 18.2 Å². The first-order valence-corrected chi connectivity index (χ1v) is 5.57. The molecule has 0 fully saturated rings. The SMILES string of the molecule is Cc1cc(NC(=O)c2ccc(F)c(F)c2F)ncc1N. The predicted octanol–water partition coefficient (Wildman–Crippen LogP) is 2.64. The van der Waals surface area contributed by atoms with E-state index in [1.165, 1.54) is 12.3 Å². The van der Waals surface area contributed by atoms with Crippen molar-refractivity contribution in [1.29, 1.82) is 0 Å². The molecule has 2 rings (SSSR count). The number of anilines is 2. The number of pyridine rings is 1. The third kappa shape index (κ3) is 2.56. The number of hydrogen-bond acceptors (Lipinski definition) is 3. The highest BCUT2D eigenvalue weighted by atomic mass is 19.2. The standard InChI is InChI=1S/C13H10F3N3O/c1-6-4-10(18-5-9(6)17)19-13(20)7-2-3-8(14)12(16)11(7)15/h2-5H,17H2,1H3,(H,18,19,20). The average molecular weight is 281 g/mol. The first-order chi connectivity index (χ1) is 9.40. The van der Waals surface area contributed by atoms with Gasteiger partial charge in [-0.1, -0.05) is 0 Å². The molecule has 0 aliphatic rings. The number of nitrogens with zero attached hydrogens (tertiary/aromatic N) is 1. The summed E-state index contributed by atoms with van der Waals surface area (Å²) in [6.45, 7) is 1.70. The molecule has 1 aromatic heterocycles. The second-order valence-corrected chi connectivity index (χ2v) is 4.10. The Hall–Kier alpha value is -2.57. The Kier molecular flexibility index (Phi) is 3.60. The molecule has 1 aromatic carbocycles. The van der Waals surface area contributed by atoms with Gasteiger partial charge in [0, 0.05) is 0 Å². The lowest BCUT2D eigenvalue weighted by atomic mass is 10.2. The maximum absolute atomic E-state index is 13.4. The van der Waals surface area contributed by atoms with E-state index in [1.807, 2.05) is 0 Å². The number of rotatable bonds is 2. The van der Waals surface area contributed by atoms with E-state index in [-0.39, 0.29) is 5.82 Å². The maximum atomic E-state index is 13.4. The van der Waals surface area contributed by atoms with Crippen molar-refractivity contribution in [2.45, 2.75) is 6.92 Å². The van der Waals surface area contributed by atoms with Crippen LogP contribution >= 0.6 is 0 Å². The molecule has 0 bridgehead atoms. The molecule has 104 valence electrons. The van der Waals surface area contributed by atoms with Crippen molar-refractivity contribution in [3.8, 4) is 0 Å². The van der Waals surface area contributed by atoms with Crippen LogP contribution in [0, 0.1) is 24.4 Å². The Bertz CT molecular complexity index is 689. The summed E-state index contributed by atoms with van der Waals surface area (Å²) in [4.78, 5) is 15.6. The van der Waals surface area contributed by atoms with Crippen LogP contribution in [-0.2, 0) is 0 Å². The number of halogens is 3. The van der Waals surface area contributed by atoms with Gasteiger partial charge in [-0.05, 0) is 30.7 Å². The van der Waals surface area contributed by atoms with Gasteiger partial charge in [0.05, 0.1) is 17.4 Å². The summed E-state index contributed by atoms with van der Waals surface area (Å²) in [5.41, 5.74) is 6.05. The zero-order valence-electron chi connectivity index (χ0n) is 10.4. The number of aromatic nitrogens is 1. The van der Waals surface area contributed by atoms with Crippen LogP contribution in [0.5, 0.6) is 0 Å². The molecule has 0 radical (unpaired) electrons. The highest BCUT2D eigenvalue weighted by Gasteiger charge is 2.19. The van der Waals surface area contributed by atoms with Gasteiger partial charge < -0.3 is 11.1 Å². The van der Waals surface area contributed by atoms with E-state index in [1.54, 1.807) is 6.92 Å². The van der Waals surface area contributed by atoms with Crippen LogP contribution in [-0.4, -0.2) is 10.9 Å². The number of nitrogen functional groups attached to an aromatic ring is 1. The molecule has 3 N–H and O–H groups in total. The number of aryl methyl sites for hydroxylation is 1. The molecule has 20 heavy (non-hydrogen) atoms. The second-order valence-electron chi connectivity index (χ2n) is 4.10. The van der Waals surface area contributed by atoms with E-state index < -0.39 is 28.9 Å². The van der Waals surface area contributed by atoms with E-state index in [2.05, 4.69) is 10.3 Å². The van der Waals surface area contributed by atoms with Crippen LogP contribution in [0.25, 0.3) is 0 Å². The molecule has 0 unspecified atom stereocenters. The lowest BCUT2D eigenvalue weighted by Crippen LogP contribution is -2.16. The van der Waals surface area contributed by atoms with Crippen LogP contribution in [0.15, 0.2) is 24.4 Å². The topological polar surface area (TPSA) is 68.0 Å². The number of hydrogen-bond donors (Lipinski definition) is 2. The smallest absolute Gasteiger partial charge is 0.259 e. The number of benzene rings is 1. The second kappa shape index (κ2) is 5.20. The molecule has 0 saturated heterocycles. The fraction of sp³-hybridized carbons (Fsp3) is 0.0769. The van der Waals surface area contributed by atoms with E-state index in [0.717, 1.165) is 6.07 Å². The molecule has 0 atom stereocenters. The van der Waals surface area contributed by atoms with Crippen molar-refractivity contribution in [3.05, 3.63) is 53.0 Å². The molecule has 4 nitrogen and oxygen atoms in total. The van der Waals surface area contributed by atoms with Gasteiger partial charge in [-0.15, -0.1) is 0 Å². The summed E-state index contributed by atoms with van der Waals surface area (Å²) in [6, 6.07) is 3.01. The Morgan fingerprint density at radius 1 is 1.25 bits per heavy atom. The van der Waals surface area contributed by atoms with Gasteiger partial charge in [-0.3, -0.25) is 4.79 Å². The van der Waals surface area contributed by atoms with Gasteiger partial charge in [0.2, 0.25) is 0 Å². The van der Waals surface area contributed by atoms with Crippen molar-refractivity contribution >= 4 is 17.4 Å². The van der Waals surface area contributed by atoms with Crippen LogP contribution in [0.4, 0.5) is 24.7 Å². The fourth-order valence-corrected chi connectivity index (χ4v) is 1.52. The molecular formula is C13H10F3N3O. The minimum Gasteiger partial charge on any atom is -0.397 e. The summed E-state index contributed by atoms with van der Waals surface area (Å²) >= 11 is 0. The van der Waals surface area contributed by atoms with Crippen LogP contribution in [0.1, 0.15) is 15.9 Å². The Morgan fingerprint density at radius 2 is 1.95 bits per heavy atom. The van der Waals surface area contributed by atoms with Crippen molar-refractivity contribution in [2.75, 3.05) is 11.1 Å². The first-order valence-electron chi connectivity index (χ1n) is 5.57. The Morgan fingerprint density at radius 3 is 2.60 bits per heavy atom. The number of carbonyl (C=O) groups excluding carboxylic acids is 1. The van der Waals surface area contributed by atoms with Gasteiger partial charge in [0.25, 0.3) is 5.91 Å². The monoisotopic (exact) mass is 281 g/mol. The van der Waals surface area contributed by atoms with Crippen molar-refractivity contribution in [3.63, 3.8) is 0 Å². The molecule has 0 aliphatic carbocycles. The predicted molar refractivity (Wildman–Crippen MR) is 67.7 cm³/mol. The average Bonchev–Trinajstić information content (AvgIpc) is 2.40. The molecule has 1 heterocycles. The highest BCUT2D eigenvalue weighted by Crippen LogP contribution is 2.18. The highest BCUT2D eigenvalue weighted by molar-refractivity contribution is 6.04. The lowest BCUT2D eigenvalue weighted by molar-refractivity contribution is 0.102. The molecule has 0 saturated carbocycles. The maximum Gasteiger partial charge on any atom is 0.259 e. The normalized spacial score (nSPS) is 10.4. The summed E-state index contributed by atoms with van der Waals surface area (Å²) in [5.74, 6) is -5.40. The third-order valence-electron chi connectivity index (χ3n) is 2.67. The largest absolute Gasteiger partial charge is 0.397 e. The fourth-order valence-electron chi connectivity index (χ4n) is 1.52. The van der Waals surface area contributed by atoms with Crippen molar-refractivity contribution in [1.82, 2.24) is 4.98 Å². The van der Waals surface area contributed by atoms with E-state index in [0.29, 0.717) is 17.3 Å². The van der Waals surface area contributed by atoms with Crippen molar-refractivity contribution in [2.24, 2.45) is 0 Å². The quantitative estimate of drug-likeness (QED) is 0.831. The zero-order valence-corrected chi connectivity index (χ0v) is 10.4. The number of nitrogens with one attached hydrogen (secondary N) is 1. The van der Waals surface area contributed by atoms with E-state index >= 15 is 0 Å². The molecule has 2 aromatic rings. The van der Waals surface area contributed by atoms with Gasteiger partial charge >= 0.3 is 0 Å². The third-order valence-corrected chi connectivity index (χ3v) is 2.67. The summed E-state index contributed by atoms with van der Waals surface area (Å²) < 4.78 is 39.3. The molecular weight excluding hydrogens is 271 g/mol. The van der Waals surface area contributed by atoms with E-state index in [4.69, 9.17) is 5.73 Å². The van der Waals surface area contributed by atoms with Gasteiger partial charge in [0.1, 0.15) is 5.82 Å². The number of nitrogens with two attached hydrogens (primary N) is 1. The number of amides is 1. The van der Waals surface area contributed by atoms with Gasteiger partial charge in [-0.2, -0.15) is 0 Å². The lowest BCUT2D eigenvalue weighted by Gasteiger charge is -2.07. The van der Waals surface area contributed by atoms with Crippen LogP contribution in [0.2, 0.25) is 0 Å². The minimum absolute atomic E-state index is 0.130. The van der Waals surface area contributed by atoms with Crippen LogP contribution in [0.3, 0.4) is 0 Å². The minimum atomic E-state index is -1.70. The van der Waals surface area contributed by atoms with Crippen LogP contribution < -0.4 is 11.1 Å². The molecule has 0 spiro atoms.